The molecule has 1 saturated heterocycles. The van der Waals surface area contributed by atoms with Crippen LogP contribution < -0.4 is 5.73 Å². The monoisotopic (exact) mass is 215 g/mol. The van der Waals surface area contributed by atoms with Crippen LogP contribution in [0.2, 0.25) is 0 Å². The average molecular weight is 215 g/mol. The quantitative estimate of drug-likeness (QED) is 0.687. The zero-order chi connectivity index (χ0) is 11.1. The van der Waals surface area contributed by atoms with Gasteiger partial charge in [0.25, 0.3) is 0 Å². The maximum atomic E-state index is 6.01. The molecule has 0 bridgehead atoms. The largest absolute Gasteiger partial charge is 0.381 e. The fourth-order valence-corrected chi connectivity index (χ4v) is 1.77. The van der Waals surface area contributed by atoms with E-state index in [1.807, 2.05) is 0 Å². The molecule has 0 radical (unpaired) electrons. The van der Waals surface area contributed by atoms with E-state index in [0.717, 1.165) is 51.6 Å². The second-order valence-corrected chi connectivity index (χ2v) is 4.87. The van der Waals surface area contributed by atoms with Crippen molar-refractivity contribution in [3.63, 3.8) is 0 Å². The van der Waals surface area contributed by atoms with Crippen molar-refractivity contribution in [3.05, 3.63) is 0 Å². The van der Waals surface area contributed by atoms with Gasteiger partial charge in [0.1, 0.15) is 0 Å². The Morgan fingerprint density at radius 1 is 1.40 bits per heavy atom. The highest BCUT2D eigenvalue weighted by molar-refractivity contribution is 4.75. The number of rotatable bonds is 6. The minimum absolute atomic E-state index is 0.312. The maximum absolute atomic E-state index is 6.01. The van der Waals surface area contributed by atoms with Gasteiger partial charge >= 0.3 is 0 Å². The van der Waals surface area contributed by atoms with E-state index in [9.17, 15) is 0 Å². The van der Waals surface area contributed by atoms with Gasteiger partial charge in [0.2, 0.25) is 0 Å². The molecule has 2 N–H and O–H groups in total. The fraction of sp³-hybridized carbons (Fsp3) is 1.00. The number of hydrogen-bond donors (Lipinski definition) is 1. The molecular formula is C12H25NO2. The van der Waals surface area contributed by atoms with E-state index < -0.39 is 0 Å². The van der Waals surface area contributed by atoms with Crippen LogP contribution in [0.15, 0.2) is 0 Å². The van der Waals surface area contributed by atoms with Crippen LogP contribution in [0, 0.1) is 11.8 Å². The number of nitrogens with two attached hydrogens (primary N) is 1. The summed E-state index contributed by atoms with van der Waals surface area (Å²) in [6.45, 7) is 7.78. The van der Waals surface area contributed by atoms with E-state index in [-0.39, 0.29) is 0 Å². The van der Waals surface area contributed by atoms with Gasteiger partial charge in [-0.05, 0) is 31.1 Å². The summed E-state index contributed by atoms with van der Waals surface area (Å²) in [5.74, 6) is 1.23. The lowest BCUT2D eigenvalue weighted by Gasteiger charge is -2.28. The van der Waals surface area contributed by atoms with Crippen LogP contribution in [0.4, 0.5) is 0 Å². The molecule has 0 aromatic heterocycles. The van der Waals surface area contributed by atoms with Crippen molar-refractivity contribution >= 4 is 0 Å². The van der Waals surface area contributed by atoms with E-state index in [1.165, 1.54) is 0 Å². The van der Waals surface area contributed by atoms with E-state index in [4.69, 9.17) is 15.2 Å². The van der Waals surface area contributed by atoms with Gasteiger partial charge in [-0.25, -0.2) is 0 Å². The molecule has 3 heteroatoms. The molecule has 0 amide bonds. The van der Waals surface area contributed by atoms with Gasteiger partial charge in [-0.1, -0.05) is 13.8 Å². The Balaban J connectivity index is 1.99. The van der Waals surface area contributed by atoms with Crippen molar-refractivity contribution < 1.29 is 9.47 Å². The molecule has 0 saturated carbocycles. The second-order valence-electron chi connectivity index (χ2n) is 4.87. The lowest BCUT2D eigenvalue weighted by Crippen LogP contribution is -2.39. The Morgan fingerprint density at radius 2 is 2.20 bits per heavy atom. The zero-order valence-corrected chi connectivity index (χ0v) is 10.1. The molecule has 1 aliphatic rings. The third-order valence-corrected chi connectivity index (χ3v) is 3.01. The first-order valence-electron chi connectivity index (χ1n) is 6.11. The Labute approximate surface area is 93.3 Å². The van der Waals surface area contributed by atoms with Crippen LogP contribution in [0.3, 0.4) is 0 Å². The Morgan fingerprint density at radius 3 is 2.87 bits per heavy atom. The van der Waals surface area contributed by atoms with E-state index in [1.54, 1.807) is 0 Å². The molecule has 3 nitrogen and oxygen atoms in total. The standard InChI is InChI=1S/C12H25NO2/c1-10(2)3-6-14-7-4-11-9-15-8-5-12(11)13/h10-12H,3-9,13H2,1-2H3. The third-order valence-electron chi connectivity index (χ3n) is 3.01. The average Bonchev–Trinajstić information content (AvgIpc) is 2.20. The molecule has 0 aromatic carbocycles. The maximum Gasteiger partial charge on any atom is 0.0509 e. The fourth-order valence-electron chi connectivity index (χ4n) is 1.77. The highest BCUT2D eigenvalue weighted by atomic mass is 16.5. The topological polar surface area (TPSA) is 44.5 Å². The molecule has 2 atom stereocenters. The van der Waals surface area contributed by atoms with Crippen LogP contribution in [0.25, 0.3) is 0 Å². The molecule has 0 spiro atoms. The first-order chi connectivity index (χ1) is 7.20. The highest BCUT2D eigenvalue weighted by Gasteiger charge is 2.21. The number of ether oxygens (including phenoxy) is 2. The predicted octanol–water partition coefficient (Wildman–Crippen LogP) is 1.80. The molecule has 2 unspecified atom stereocenters. The van der Waals surface area contributed by atoms with Crippen LogP contribution in [-0.2, 0) is 9.47 Å². The van der Waals surface area contributed by atoms with Crippen molar-refractivity contribution in [2.45, 2.75) is 39.2 Å². The van der Waals surface area contributed by atoms with Gasteiger partial charge in [-0.3, -0.25) is 0 Å². The van der Waals surface area contributed by atoms with Crippen LogP contribution in [-0.4, -0.2) is 32.5 Å². The lowest BCUT2D eigenvalue weighted by atomic mass is 9.94. The molecule has 1 rings (SSSR count). The van der Waals surface area contributed by atoms with Crippen molar-refractivity contribution in [1.82, 2.24) is 0 Å². The summed E-state index contributed by atoms with van der Waals surface area (Å²) in [5.41, 5.74) is 6.01. The molecule has 0 aliphatic carbocycles. The highest BCUT2D eigenvalue weighted by Crippen LogP contribution is 2.16. The summed E-state index contributed by atoms with van der Waals surface area (Å²) >= 11 is 0. The Hall–Kier alpha value is -0.120. The van der Waals surface area contributed by atoms with Crippen molar-refractivity contribution in [3.8, 4) is 0 Å². The van der Waals surface area contributed by atoms with Crippen molar-refractivity contribution in [2.24, 2.45) is 17.6 Å². The molecule has 1 aliphatic heterocycles. The first kappa shape index (κ1) is 12.9. The molecular weight excluding hydrogens is 190 g/mol. The first-order valence-corrected chi connectivity index (χ1v) is 6.11. The normalized spacial score (nSPS) is 27.2. The van der Waals surface area contributed by atoms with Crippen molar-refractivity contribution in [1.29, 1.82) is 0 Å². The van der Waals surface area contributed by atoms with E-state index in [2.05, 4.69) is 13.8 Å². The summed E-state index contributed by atoms with van der Waals surface area (Å²) in [6.07, 6.45) is 3.18. The summed E-state index contributed by atoms with van der Waals surface area (Å²) in [4.78, 5) is 0. The summed E-state index contributed by atoms with van der Waals surface area (Å²) in [7, 11) is 0. The summed E-state index contributed by atoms with van der Waals surface area (Å²) in [5, 5.41) is 0. The van der Waals surface area contributed by atoms with Crippen LogP contribution >= 0.6 is 0 Å². The summed E-state index contributed by atoms with van der Waals surface area (Å²) < 4.78 is 11.0. The predicted molar refractivity (Wildman–Crippen MR) is 61.8 cm³/mol. The van der Waals surface area contributed by atoms with Gasteiger partial charge in [-0.2, -0.15) is 0 Å². The van der Waals surface area contributed by atoms with Crippen LogP contribution in [0.5, 0.6) is 0 Å². The zero-order valence-electron chi connectivity index (χ0n) is 10.1. The number of hydrogen-bond acceptors (Lipinski definition) is 3. The molecule has 1 heterocycles. The Kier molecular flexibility index (Phi) is 6.22. The minimum Gasteiger partial charge on any atom is -0.381 e. The Bertz CT molecular complexity index is 162. The van der Waals surface area contributed by atoms with E-state index >= 15 is 0 Å². The van der Waals surface area contributed by atoms with Gasteiger partial charge in [0, 0.05) is 25.9 Å². The van der Waals surface area contributed by atoms with E-state index in [0.29, 0.717) is 12.0 Å². The van der Waals surface area contributed by atoms with Crippen molar-refractivity contribution in [2.75, 3.05) is 26.4 Å². The minimum atomic E-state index is 0.312. The van der Waals surface area contributed by atoms with Gasteiger partial charge in [-0.15, -0.1) is 0 Å². The molecule has 15 heavy (non-hydrogen) atoms. The second kappa shape index (κ2) is 7.20. The van der Waals surface area contributed by atoms with Gasteiger partial charge < -0.3 is 15.2 Å². The lowest BCUT2D eigenvalue weighted by molar-refractivity contribution is 0.0217. The smallest absolute Gasteiger partial charge is 0.0509 e. The molecule has 90 valence electrons. The third kappa shape index (κ3) is 5.50. The molecule has 0 aromatic rings. The van der Waals surface area contributed by atoms with Gasteiger partial charge in [0.05, 0.1) is 6.61 Å². The SMILES string of the molecule is CC(C)CCOCCC1COCCC1N. The van der Waals surface area contributed by atoms with Crippen LogP contribution in [0.1, 0.15) is 33.1 Å². The molecule has 1 fully saturated rings. The van der Waals surface area contributed by atoms with Gasteiger partial charge in [0.15, 0.2) is 0 Å². The summed E-state index contributed by atoms with van der Waals surface area (Å²) in [6, 6.07) is 0.312.